The number of aliphatic carboxylic acids is 2. The quantitative estimate of drug-likeness (QED) is 0.398. The maximum absolute atomic E-state index is 12.8. The fourth-order valence-corrected chi connectivity index (χ4v) is 5.14. The Kier molecular flexibility index (Phi) is 11.6. The Hall–Kier alpha value is -3.47. The van der Waals surface area contributed by atoms with Gasteiger partial charge in [0.1, 0.15) is 0 Å². The number of hydrogen-bond donors (Lipinski definition) is 3. The monoisotopic (exact) mass is 638 g/mol. The van der Waals surface area contributed by atoms with Gasteiger partial charge >= 0.3 is 24.3 Å². The number of carbonyl (C=O) groups is 3. The molecule has 2 aliphatic carbocycles. The van der Waals surface area contributed by atoms with Crippen LogP contribution in [0, 0.1) is 5.92 Å². The normalized spacial score (nSPS) is 20.1. The van der Waals surface area contributed by atoms with E-state index in [9.17, 15) is 31.1 Å². The molecule has 0 aromatic carbocycles. The maximum Gasteiger partial charge on any atom is 0.490 e. The zero-order chi connectivity index (χ0) is 32.8. The molecule has 0 bridgehead atoms. The van der Waals surface area contributed by atoms with Crippen molar-refractivity contribution in [2.24, 2.45) is 5.92 Å². The molecular weight excluding hydrogens is 602 g/mol. The van der Waals surface area contributed by atoms with Crippen LogP contribution in [-0.2, 0) is 9.59 Å². The Labute approximate surface area is 249 Å². The average molecular weight is 639 g/mol. The van der Waals surface area contributed by atoms with E-state index < -0.39 is 24.3 Å². The second-order valence-electron chi connectivity index (χ2n) is 11.3. The summed E-state index contributed by atoms with van der Waals surface area (Å²) in [4.78, 5) is 35.7. The van der Waals surface area contributed by atoms with Crippen LogP contribution in [0.15, 0.2) is 18.3 Å². The van der Waals surface area contributed by atoms with Gasteiger partial charge in [-0.3, -0.25) is 19.0 Å². The first-order valence-corrected chi connectivity index (χ1v) is 14.2. The number of amides is 1. The van der Waals surface area contributed by atoms with Crippen molar-refractivity contribution in [3.05, 3.63) is 29.7 Å². The molecular formula is C27H36F6N6O5. The van der Waals surface area contributed by atoms with Crippen molar-refractivity contribution < 1.29 is 50.9 Å². The van der Waals surface area contributed by atoms with Crippen molar-refractivity contribution in [2.45, 2.75) is 82.9 Å². The number of pyridine rings is 1. The second-order valence-corrected chi connectivity index (χ2v) is 11.3. The van der Waals surface area contributed by atoms with Gasteiger partial charge in [-0.2, -0.15) is 26.3 Å². The van der Waals surface area contributed by atoms with Crippen LogP contribution in [0.4, 0.5) is 26.3 Å². The highest BCUT2D eigenvalue weighted by molar-refractivity contribution is 5.94. The number of rotatable bonds is 6. The number of fused-ring (bicyclic) bond motifs is 1. The molecule has 0 spiro atoms. The van der Waals surface area contributed by atoms with E-state index in [1.165, 1.54) is 32.2 Å². The van der Waals surface area contributed by atoms with Crippen molar-refractivity contribution >= 4 is 23.5 Å². The van der Waals surface area contributed by atoms with Crippen LogP contribution in [0.3, 0.4) is 0 Å². The highest BCUT2D eigenvalue weighted by atomic mass is 19.4. The number of alkyl halides is 6. The van der Waals surface area contributed by atoms with Gasteiger partial charge in [-0.25, -0.2) is 9.59 Å². The fourth-order valence-electron chi connectivity index (χ4n) is 5.14. The van der Waals surface area contributed by atoms with Crippen LogP contribution < -0.4 is 5.32 Å². The molecule has 3 aliphatic rings. The molecule has 5 rings (SSSR count). The van der Waals surface area contributed by atoms with Crippen LogP contribution in [0.2, 0.25) is 0 Å². The van der Waals surface area contributed by atoms with Crippen LogP contribution in [-0.4, -0.2) is 103 Å². The third-order valence-corrected chi connectivity index (χ3v) is 7.55. The lowest BCUT2D eigenvalue weighted by Gasteiger charge is -2.42. The maximum atomic E-state index is 12.8. The highest BCUT2D eigenvalue weighted by Crippen LogP contribution is 2.33. The summed E-state index contributed by atoms with van der Waals surface area (Å²) in [5, 5.41) is 26.5. The van der Waals surface area contributed by atoms with E-state index in [1.54, 1.807) is 0 Å². The van der Waals surface area contributed by atoms with Crippen molar-refractivity contribution in [1.29, 1.82) is 0 Å². The Morgan fingerprint density at radius 2 is 1.50 bits per heavy atom. The van der Waals surface area contributed by atoms with Crippen LogP contribution >= 0.6 is 0 Å². The predicted octanol–water partition coefficient (Wildman–Crippen LogP) is 4.15. The van der Waals surface area contributed by atoms with Gasteiger partial charge < -0.3 is 15.5 Å². The lowest BCUT2D eigenvalue weighted by atomic mass is 10.1. The number of carboxylic acid groups (broad SMARTS) is 2. The van der Waals surface area contributed by atoms with E-state index in [2.05, 4.69) is 39.2 Å². The van der Waals surface area contributed by atoms with Crippen LogP contribution in [0.5, 0.6) is 0 Å². The minimum Gasteiger partial charge on any atom is -0.475 e. The summed E-state index contributed by atoms with van der Waals surface area (Å²) in [5.74, 6) is -3.66. The van der Waals surface area contributed by atoms with Gasteiger partial charge in [-0.15, -0.1) is 10.2 Å². The molecule has 11 nitrogen and oxygen atoms in total. The summed E-state index contributed by atoms with van der Waals surface area (Å²) in [6.45, 7) is 8.87. The van der Waals surface area contributed by atoms with E-state index in [0.29, 0.717) is 17.6 Å². The smallest absolute Gasteiger partial charge is 0.475 e. The predicted molar refractivity (Wildman–Crippen MR) is 144 cm³/mol. The number of hydrogen-bond acceptors (Lipinski definition) is 7. The molecule has 2 aromatic heterocycles. The Morgan fingerprint density at radius 1 is 0.932 bits per heavy atom. The van der Waals surface area contributed by atoms with E-state index in [4.69, 9.17) is 19.8 Å². The van der Waals surface area contributed by atoms with Gasteiger partial charge in [0.15, 0.2) is 11.5 Å². The van der Waals surface area contributed by atoms with E-state index in [-0.39, 0.29) is 11.9 Å². The molecule has 1 saturated heterocycles. The zero-order valence-electron chi connectivity index (χ0n) is 24.2. The summed E-state index contributed by atoms with van der Waals surface area (Å²) in [6.07, 6.45) is -0.867. The highest BCUT2D eigenvalue weighted by Gasteiger charge is 2.39. The van der Waals surface area contributed by atoms with Crippen molar-refractivity contribution in [1.82, 2.24) is 29.7 Å². The molecule has 246 valence electrons. The number of carboxylic acids is 2. The number of carbonyl (C=O) groups excluding carboxylic acids is 1. The van der Waals surface area contributed by atoms with Crippen LogP contribution in [0.1, 0.15) is 74.6 Å². The standard InChI is InChI=1S/C23H34N6O.2C2HF3O2/c1-16(2)28-12-11-27(13-17-7-8-17)15-20(28)22-26-25-21-10-9-18(14-29(21)22)23(30)24-19-5-3-4-6-19;2*3-2(4,5)1(6)7/h9-10,14,16-17,19-20H,3-8,11-13,15H2,1-2H3,(H,24,30);2*(H,6,7). The second kappa shape index (κ2) is 14.5. The molecule has 2 saturated carbocycles. The molecule has 1 aliphatic heterocycles. The lowest BCUT2D eigenvalue weighted by molar-refractivity contribution is -0.193. The van der Waals surface area contributed by atoms with E-state index in [1.807, 2.05) is 22.7 Å². The molecule has 3 fully saturated rings. The summed E-state index contributed by atoms with van der Waals surface area (Å²) < 4.78 is 65.5. The van der Waals surface area contributed by atoms with E-state index in [0.717, 1.165) is 49.9 Å². The van der Waals surface area contributed by atoms with Crippen molar-refractivity contribution in [3.8, 4) is 0 Å². The first-order chi connectivity index (χ1) is 20.5. The Bertz CT molecular complexity index is 1270. The molecule has 2 aromatic rings. The van der Waals surface area contributed by atoms with Crippen LogP contribution in [0.25, 0.3) is 5.65 Å². The largest absolute Gasteiger partial charge is 0.490 e. The zero-order valence-corrected chi connectivity index (χ0v) is 24.2. The van der Waals surface area contributed by atoms with Gasteiger partial charge in [-0.05, 0) is 57.6 Å². The number of halogens is 6. The Morgan fingerprint density at radius 3 is 2.00 bits per heavy atom. The van der Waals surface area contributed by atoms with Gasteiger partial charge in [0.05, 0.1) is 11.6 Å². The summed E-state index contributed by atoms with van der Waals surface area (Å²) in [6, 6.07) is 4.75. The van der Waals surface area contributed by atoms with E-state index >= 15 is 0 Å². The molecule has 1 amide bonds. The topological polar surface area (TPSA) is 140 Å². The summed E-state index contributed by atoms with van der Waals surface area (Å²) in [7, 11) is 0. The Balaban J connectivity index is 0.000000317. The number of nitrogens with zero attached hydrogens (tertiary/aromatic N) is 5. The SMILES string of the molecule is CC(C)N1CCN(CC2CC2)CC1c1nnc2ccc(C(=O)NC3CCCC3)cn12.O=C(O)C(F)(F)F.O=C(O)C(F)(F)F. The summed E-state index contributed by atoms with van der Waals surface area (Å²) >= 11 is 0. The fraction of sp³-hybridized carbons (Fsp3) is 0.667. The molecule has 3 heterocycles. The molecule has 17 heteroatoms. The van der Waals surface area contributed by atoms with Gasteiger partial charge in [0, 0.05) is 44.5 Å². The molecule has 44 heavy (non-hydrogen) atoms. The van der Waals surface area contributed by atoms with Crippen molar-refractivity contribution in [2.75, 3.05) is 26.2 Å². The summed E-state index contributed by atoms with van der Waals surface area (Å²) in [5.41, 5.74) is 1.50. The number of piperazine rings is 1. The third kappa shape index (κ3) is 10.0. The minimum absolute atomic E-state index is 0.0168. The molecule has 1 unspecified atom stereocenters. The number of nitrogens with one attached hydrogen (secondary N) is 1. The van der Waals surface area contributed by atoms with Gasteiger partial charge in [0.25, 0.3) is 5.91 Å². The molecule has 3 N–H and O–H groups in total. The lowest BCUT2D eigenvalue weighted by Crippen LogP contribution is -2.51. The third-order valence-electron chi connectivity index (χ3n) is 7.55. The number of aromatic nitrogens is 3. The van der Waals surface area contributed by atoms with Gasteiger partial charge in [0.2, 0.25) is 0 Å². The van der Waals surface area contributed by atoms with Crippen molar-refractivity contribution in [3.63, 3.8) is 0 Å². The van der Waals surface area contributed by atoms with Gasteiger partial charge in [-0.1, -0.05) is 12.8 Å². The first kappa shape index (κ1) is 35.0. The molecule has 1 atom stereocenters. The molecule has 0 radical (unpaired) electrons. The first-order valence-electron chi connectivity index (χ1n) is 14.2. The average Bonchev–Trinajstić information content (AvgIpc) is 3.40. The minimum atomic E-state index is -5.08.